The van der Waals surface area contributed by atoms with Crippen LogP contribution in [0.15, 0.2) is 36.5 Å². The normalized spacial score (nSPS) is 12.0. The number of nitrogens with one attached hydrogen (secondary N) is 2. The average molecular weight is 535 g/mol. The fraction of sp³-hybridized carbons (Fsp3) is 0.467. The van der Waals surface area contributed by atoms with Gasteiger partial charge in [-0.3, -0.25) is 9.59 Å². The van der Waals surface area contributed by atoms with Crippen molar-refractivity contribution in [3.63, 3.8) is 0 Å². The lowest BCUT2D eigenvalue weighted by Gasteiger charge is -2.25. The molecule has 1 heterocycles. The molecule has 0 atom stereocenters. The molecular formula is C30H42N6O3. The van der Waals surface area contributed by atoms with Gasteiger partial charge in [-0.05, 0) is 61.2 Å². The van der Waals surface area contributed by atoms with Crippen LogP contribution in [-0.2, 0) is 12.0 Å². The van der Waals surface area contributed by atoms with Crippen LogP contribution in [-0.4, -0.2) is 59.5 Å². The van der Waals surface area contributed by atoms with Gasteiger partial charge in [0.2, 0.25) is 0 Å². The number of methoxy groups -OCH3 is 1. The molecule has 3 aromatic rings. The van der Waals surface area contributed by atoms with Crippen LogP contribution in [0.3, 0.4) is 0 Å². The zero-order chi connectivity index (χ0) is 29.1. The van der Waals surface area contributed by atoms with E-state index in [1.54, 1.807) is 25.4 Å². The van der Waals surface area contributed by atoms with Gasteiger partial charge in [0.25, 0.3) is 11.8 Å². The van der Waals surface area contributed by atoms with E-state index >= 15 is 0 Å². The Labute approximate surface area is 231 Å². The summed E-state index contributed by atoms with van der Waals surface area (Å²) in [5.41, 5.74) is 4.75. The summed E-state index contributed by atoms with van der Waals surface area (Å²) in [6.45, 7) is 15.7. The largest absolute Gasteiger partial charge is 0.494 e. The minimum absolute atomic E-state index is 0.0494. The molecule has 0 radical (unpaired) electrons. The zero-order valence-electron chi connectivity index (χ0n) is 24.9. The van der Waals surface area contributed by atoms with E-state index in [1.165, 1.54) is 4.68 Å². The molecule has 9 heteroatoms. The lowest BCUT2D eigenvalue weighted by atomic mass is 9.85. The molecule has 2 N–H and O–H groups in total. The Morgan fingerprint density at radius 1 is 1.03 bits per heavy atom. The molecule has 3 rings (SSSR count). The molecule has 1 aromatic heterocycles. The average Bonchev–Trinajstić information content (AvgIpc) is 3.31. The Morgan fingerprint density at radius 2 is 1.72 bits per heavy atom. The van der Waals surface area contributed by atoms with Gasteiger partial charge in [-0.15, -0.1) is 5.10 Å². The maximum Gasteiger partial charge on any atom is 0.273 e. The van der Waals surface area contributed by atoms with Crippen LogP contribution in [0.1, 0.15) is 79.1 Å². The number of anilines is 1. The summed E-state index contributed by atoms with van der Waals surface area (Å²) in [7, 11) is 5.61. The van der Waals surface area contributed by atoms with Gasteiger partial charge in [0.15, 0.2) is 5.69 Å². The molecule has 39 heavy (non-hydrogen) atoms. The van der Waals surface area contributed by atoms with Crippen molar-refractivity contribution in [2.75, 3.05) is 33.1 Å². The van der Waals surface area contributed by atoms with Crippen molar-refractivity contribution in [2.24, 2.45) is 5.41 Å². The quantitative estimate of drug-likeness (QED) is 0.423. The second-order valence-corrected chi connectivity index (χ2v) is 12.5. The number of aromatic nitrogens is 3. The van der Waals surface area contributed by atoms with Gasteiger partial charge in [0.05, 0.1) is 24.7 Å². The second kappa shape index (κ2) is 11.6. The highest BCUT2D eigenvalue weighted by Crippen LogP contribution is 2.36. The Morgan fingerprint density at radius 3 is 2.31 bits per heavy atom. The van der Waals surface area contributed by atoms with Crippen molar-refractivity contribution in [3.8, 4) is 11.4 Å². The molecule has 0 bridgehead atoms. The molecule has 0 aliphatic rings. The summed E-state index contributed by atoms with van der Waals surface area (Å²) in [5.74, 6) is 0.0707. The molecule has 0 unspecified atom stereocenters. The molecule has 0 saturated carbocycles. The Bertz CT molecular complexity index is 1350. The molecule has 2 aromatic carbocycles. The van der Waals surface area contributed by atoms with Crippen molar-refractivity contribution in [1.82, 2.24) is 25.2 Å². The molecule has 9 nitrogen and oxygen atoms in total. The minimum Gasteiger partial charge on any atom is -0.494 e. The fourth-order valence-corrected chi connectivity index (χ4v) is 4.03. The minimum atomic E-state index is -0.290. The Hall–Kier alpha value is -3.72. The molecule has 2 amide bonds. The summed E-state index contributed by atoms with van der Waals surface area (Å²) in [6.07, 6.45) is 1.57. The summed E-state index contributed by atoms with van der Waals surface area (Å²) in [4.78, 5) is 28.1. The van der Waals surface area contributed by atoms with Gasteiger partial charge in [0, 0.05) is 24.2 Å². The monoisotopic (exact) mass is 534 g/mol. The highest BCUT2D eigenvalue weighted by atomic mass is 16.5. The van der Waals surface area contributed by atoms with Gasteiger partial charge in [0.1, 0.15) is 5.75 Å². The maximum absolute atomic E-state index is 13.5. The summed E-state index contributed by atoms with van der Waals surface area (Å²) in [5, 5.41) is 14.1. The number of rotatable bonds is 8. The van der Waals surface area contributed by atoms with E-state index in [4.69, 9.17) is 4.74 Å². The smallest absolute Gasteiger partial charge is 0.273 e. The highest BCUT2D eigenvalue weighted by molar-refractivity contribution is 6.05. The third-order valence-corrected chi connectivity index (χ3v) is 6.19. The van der Waals surface area contributed by atoms with Crippen LogP contribution in [0.5, 0.6) is 5.75 Å². The van der Waals surface area contributed by atoms with Crippen molar-refractivity contribution in [3.05, 3.63) is 64.5 Å². The predicted molar refractivity (Wildman–Crippen MR) is 155 cm³/mol. The van der Waals surface area contributed by atoms with Gasteiger partial charge in [-0.1, -0.05) is 58.9 Å². The summed E-state index contributed by atoms with van der Waals surface area (Å²) >= 11 is 0. The van der Waals surface area contributed by atoms with Crippen molar-refractivity contribution in [2.45, 2.75) is 60.4 Å². The molecule has 210 valence electrons. The van der Waals surface area contributed by atoms with Crippen LogP contribution in [0.2, 0.25) is 0 Å². The van der Waals surface area contributed by atoms with E-state index in [9.17, 15) is 9.59 Å². The number of benzene rings is 2. The number of nitrogens with zero attached hydrogens (tertiary/aromatic N) is 4. The van der Waals surface area contributed by atoms with Gasteiger partial charge in [-0.2, -0.15) is 0 Å². The number of hydrogen-bond acceptors (Lipinski definition) is 6. The first-order valence-electron chi connectivity index (χ1n) is 13.1. The SMILES string of the molecule is COc1c(CN(C)C)cc(C(C)(C)C)cc1NC(=O)c1ccc(C)c(-n2cc(C(=O)NCC(C)(C)C)nn2)c1. The predicted octanol–water partition coefficient (Wildman–Crippen LogP) is 4.97. The first-order chi connectivity index (χ1) is 18.1. The van der Waals surface area contributed by atoms with Crippen molar-refractivity contribution < 1.29 is 14.3 Å². The van der Waals surface area contributed by atoms with E-state index in [0.29, 0.717) is 35.8 Å². The first-order valence-corrected chi connectivity index (χ1v) is 13.1. The fourth-order valence-electron chi connectivity index (χ4n) is 4.03. The molecule has 0 aliphatic heterocycles. The standard InChI is InChI=1S/C30H42N6O3/c1-19-11-12-20(14-25(19)36-17-24(33-34-36)28(38)31-18-29(2,3)4)27(37)32-23-15-22(30(5,6)7)13-21(16-35(8)9)26(23)39-10/h11-15,17H,16,18H2,1-10H3,(H,31,38)(H,32,37). The number of hydrogen-bond donors (Lipinski definition) is 2. The first kappa shape index (κ1) is 29.8. The van der Waals surface area contributed by atoms with Gasteiger partial charge >= 0.3 is 0 Å². The van der Waals surface area contributed by atoms with E-state index < -0.39 is 0 Å². The lowest BCUT2D eigenvalue weighted by Crippen LogP contribution is -2.32. The molecule has 0 saturated heterocycles. The van der Waals surface area contributed by atoms with Crippen LogP contribution < -0.4 is 15.4 Å². The highest BCUT2D eigenvalue weighted by Gasteiger charge is 2.22. The van der Waals surface area contributed by atoms with E-state index in [0.717, 1.165) is 16.7 Å². The molecule has 0 fully saturated rings. The van der Waals surface area contributed by atoms with Crippen LogP contribution in [0, 0.1) is 12.3 Å². The number of carbonyl (C=O) groups excluding carboxylic acids is 2. The van der Waals surface area contributed by atoms with Crippen molar-refractivity contribution >= 4 is 17.5 Å². The van der Waals surface area contributed by atoms with Crippen molar-refractivity contribution in [1.29, 1.82) is 0 Å². The number of aryl methyl sites for hydroxylation is 1. The number of carbonyl (C=O) groups is 2. The molecular weight excluding hydrogens is 492 g/mol. The van der Waals surface area contributed by atoms with Crippen LogP contribution in [0.25, 0.3) is 5.69 Å². The summed E-state index contributed by atoms with van der Waals surface area (Å²) in [6, 6.07) is 9.48. The third kappa shape index (κ3) is 7.66. The van der Waals surface area contributed by atoms with Gasteiger partial charge in [-0.25, -0.2) is 4.68 Å². The summed E-state index contributed by atoms with van der Waals surface area (Å²) < 4.78 is 7.28. The van der Waals surface area contributed by atoms with Gasteiger partial charge < -0.3 is 20.3 Å². The van der Waals surface area contributed by atoms with E-state index in [-0.39, 0.29) is 28.3 Å². The second-order valence-electron chi connectivity index (χ2n) is 12.5. The zero-order valence-corrected chi connectivity index (χ0v) is 24.9. The Balaban J connectivity index is 1.92. The lowest BCUT2D eigenvalue weighted by molar-refractivity contribution is 0.0933. The maximum atomic E-state index is 13.5. The molecule has 0 spiro atoms. The topological polar surface area (TPSA) is 101 Å². The molecule has 0 aliphatic carbocycles. The van der Waals surface area contributed by atoms with Crippen LogP contribution in [0.4, 0.5) is 5.69 Å². The number of ether oxygens (including phenoxy) is 1. The third-order valence-electron chi connectivity index (χ3n) is 6.19. The van der Waals surface area contributed by atoms with E-state index in [1.807, 2.05) is 53.9 Å². The van der Waals surface area contributed by atoms with E-state index in [2.05, 4.69) is 52.7 Å². The number of amides is 2. The Kier molecular flexibility index (Phi) is 8.85. The van der Waals surface area contributed by atoms with Crippen LogP contribution >= 0.6 is 0 Å².